The number of aromatic nitrogens is 1. The second-order valence-electron chi connectivity index (χ2n) is 2.44. The molecule has 0 aliphatic carbocycles. The first-order valence-electron chi connectivity index (χ1n) is 3.25. The van der Waals surface area contributed by atoms with Gasteiger partial charge in [0.2, 0.25) is 0 Å². The van der Waals surface area contributed by atoms with E-state index in [-0.39, 0.29) is 5.78 Å². The first kappa shape index (κ1) is 8.14. The Hall–Kier alpha value is -0.960. The van der Waals surface area contributed by atoms with Gasteiger partial charge in [-0.05, 0) is 37.0 Å². The first-order chi connectivity index (χ1) is 5.11. The summed E-state index contributed by atoms with van der Waals surface area (Å²) in [5.41, 5.74) is 1.45. The maximum absolute atomic E-state index is 11.2. The lowest BCUT2D eigenvalue weighted by atomic mass is 10.2. The number of hydrogen-bond acceptors (Lipinski definition) is 3. The highest BCUT2D eigenvalue weighted by Crippen LogP contribution is 2.12. The van der Waals surface area contributed by atoms with Crippen LogP contribution in [0.1, 0.15) is 22.3 Å². The van der Waals surface area contributed by atoms with E-state index in [1.165, 1.54) is 11.5 Å². The van der Waals surface area contributed by atoms with Gasteiger partial charge in [0.15, 0.2) is 5.78 Å². The highest BCUT2D eigenvalue weighted by Gasteiger charge is 2.08. The number of allylic oxidation sites excluding steroid dienone is 1. The molecule has 0 atom stereocenters. The summed E-state index contributed by atoms with van der Waals surface area (Å²) in [4.78, 5) is 11.9. The fourth-order valence-electron chi connectivity index (χ4n) is 0.681. The van der Waals surface area contributed by atoms with Crippen LogP contribution in [0, 0.1) is 6.92 Å². The molecule has 0 radical (unpaired) electrons. The second-order valence-corrected chi connectivity index (χ2v) is 3.25. The summed E-state index contributed by atoms with van der Waals surface area (Å²) >= 11 is 1.23. The third kappa shape index (κ3) is 1.74. The first-order valence-corrected chi connectivity index (χ1v) is 4.02. The molecule has 58 valence electrons. The van der Waals surface area contributed by atoms with Crippen LogP contribution in [0.25, 0.3) is 0 Å². The molecule has 0 spiro atoms. The van der Waals surface area contributed by atoms with E-state index in [1.54, 1.807) is 13.0 Å². The molecule has 0 saturated carbocycles. The van der Waals surface area contributed by atoms with Crippen molar-refractivity contribution in [3.05, 3.63) is 28.8 Å². The summed E-state index contributed by atoms with van der Waals surface area (Å²) < 4.78 is 4.00. The largest absolute Gasteiger partial charge is 0.288 e. The molecule has 0 amide bonds. The van der Waals surface area contributed by atoms with E-state index in [0.29, 0.717) is 10.5 Å². The molecule has 3 heteroatoms. The van der Waals surface area contributed by atoms with E-state index in [0.717, 1.165) is 5.69 Å². The SMILES string of the molecule is C=C(C)C(=O)c1cc(C)ns1. The fraction of sp³-hybridized carbons (Fsp3) is 0.250. The number of aryl methyl sites for hydroxylation is 1. The Bertz CT molecular complexity index is 301. The van der Waals surface area contributed by atoms with Crippen LogP contribution in [0.4, 0.5) is 0 Å². The molecule has 11 heavy (non-hydrogen) atoms. The van der Waals surface area contributed by atoms with Gasteiger partial charge in [0.25, 0.3) is 0 Å². The normalized spacial score (nSPS) is 9.64. The predicted molar refractivity (Wildman–Crippen MR) is 46.0 cm³/mol. The minimum atomic E-state index is -0.00407. The van der Waals surface area contributed by atoms with Crippen molar-refractivity contribution >= 4 is 17.3 Å². The van der Waals surface area contributed by atoms with Gasteiger partial charge in [-0.3, -0.25) is 4.79 Å². The molecule has 0 unspecified atom stereocenters. The topological polar surface area (TPSA) is 30.0 Å². The molecule has 2 nitrogen and oxygen atoms in total. The molecule has 0 aliphatic rings. The highest BCUT2D eigenvalue weighted by atomic mass is 32.1. The van der Waals surface area contributed by atoms with Gasteiger partial charge in [-0.15, -0.1) is 0 Å². The van der Waals surface area contributed by atoms with Crippen LogP contribution in [0.15, 0.2) is 18.2 Å². The predicted octanol–water partition coefficient (Wildman–Crippen LogP) is 2.21. The monoisotopic (exact) mass is 167 g/mol. The maximum Gasteiger partial charge on any atom is 0.199 e. The summed E-state index contributed by atoms with van der Waals surface area (Å²) in [6.07, 6.45) is 0. The van der Waals surface area contributed by atoms with Gasteiger partial charge < -0.3 is 0 Å². The van der Waals surface area contributed by atoms with E-state index in [1.807, 2.05) is 6.92 Å². The summed E-state index contributed by atoms with van der Waals surface area (Å²) in [6.45, 7) is 7.14. The number of rotatable bonds is 2. The third-order valence-corrected chi connectivity index (χ3v) is 2.12. The summed E-state index contributed by atoms with van der Waals surface area (Å²) in [5, 5.41) is 0. The lowest BCUT2D eigenvalue weighted by molar-refractivity contribution is 0.103. The molecule has 1 aromatic rings. The molecular weight excluding hydrogens is 158 g/mol. The van der Waals surface area contributed by atoms with Crippen molar-refractivity contribution in [1.29, 1.82) is 0 Å². The van der Waals surface area contributed by atoms with Crippen LogP contribution < -0.4 is 0 Å². The Morgan fingerprint density at radius 3 is 2.73 bits per heavy atom. The van der Waals surface area contributed by atoms with Gasteiger partial charge in [0.1, 0.15) is 0 Å². The van der Waals surface area contributed by atoms with Crippen molar-refractivity contribution in [1.82, 2.24) is 4.37 Å². The Kier molecular flexibility index (Phi) is 2.19. The van der Waals surface area contributed by atoms with Gasteiger partial charge in [0.05, 0.1) is 10.6 Å². The lowest BCUT2D eigenvalue weighted by Gasteiger charge is -1.90. The van der Waals surface area contributed by atoms with E-state index >= 15 is 0 Å². The van der Waals surface area contributed by atoms with Crippen LogP contribution in [-0.4, -0.2) is 10.2 Å². The van der Waals surface area contributed by atoms with E-state index in [2.05, 4.69) is 11.0 Å². The highest BCUT2D eigenvalue weighted by molar-refractivity contribution is 7.08. The molecule has 1 rings (SSSR count). The van der Waals surface area contributed by atoms with Crippen LogP contribution in [0.5, 0.6) is 0 Å². The van der Waals surface area contributed by atoms with Gasteiger partial charge in [-0.2, -0.15) is 4.37 Å². The average Bonchev–Trinajstić information content (AvgIpc) is 2.34. The Morgan fingerprint density at radius 2 is 2.36 bits per heavy atom. The van der Waals surface area contributed by atoms with Crippen molar-refractivity contribution in [2.45, 2.75) is 13.8 Å². The minimum absolute atomic E-state index is 0.00407. The van der Waals surface area contributed by atoms with Gasteiger partial charge in [0, 0.05) is 0 Å². The molecule has 0 saturated heterocycles. The number of carbonyl (C=O) groups is 1. The van der Waals surface area contributed by atoms with E-state index < -0.39 is 0 Å². The molecule has 1 heterocycles. The second kappa shape index (κ2) is 2.96. The van der Waals surface area contributed by atoms with Crippen molar-refractivity contribution in [3.8, 4) is 0 Å². The standard InChI is InChI=1S/C8H9NOS/c1-5(2)8(10)7-4-6(3)9-11-7/h4H,1H2,2-3H3. The number of ketones is 1. The Balaban J connectivity index is 2.94. The summed E-state index contributed by atoms with van der Waals surface area (Å²) in [7, 11) is 0. The van der Waals surface area contributed by atoms with Gasteiger partial charge in [-0.1, -0.05) is 6.58 Å². The summed E-state index contributed by atoms with van der Waals surface area (Å²) in [5.74, 6) is -0.00407. The number of hydrogen-bond donors (Lipinski definition) is 0. The zero-order chi connectivity index (χ0) is 8.43. The van der Waals surface area contributed by atoms with Crippen LogP contribution in [0.2, 0.25) is 0 Å². The van der Waals surface area contributed by atoms with Gasteiger partial charge >= 0.3 is 0 Å². The molecule has 0 aliphatic heterocycles. The van der Waals surface area contributed by atoms with Crippen LogP contribution in [-0.2, 0) is 0 Å². The third-order valence-electron chi connectivity index (χ3n) is 1.24. The van der Waals surface area contributed by atoms with Gasteiger partial charge in [-0.25, -0.2) is 0 Å². The van der Waals surface area contributed by atoms with Crippen LogP contribution >= 0.6 is 11.5 Å². The number of carbonyl (C=O) groups excluding carboxylic acids is 1. The van der Waals surface area contributed by atoms with E-state index in [4.69, 9.17) is 0 Å². The van der Waals surface area contributed by atoms with Crippen molar-refractivity contribution in [2.24, 2.45) is 0 Å². The quantitative estimate of drug-likeness (QED) is 0.499. The van der Waals surface area contributed by atoms with Crippen LogP contribution in [0.3, 0.4) is 0 Å². The van der Waals surface area contributed by atoms with E-state index in [9.17, 15) is 4.79 Å². The average molecular weight is 167 g/mol. The zero-order valence-corrected chi connectivity index (χ0v) is 7.36. The Labute approximate surface area is 69.7 Å². The van der Waals surface area contributed by atoms with Crippen molar-refractivity contribution in [2.75, 3.05) is 0 Å². The number of Topliss-reactive ketones (excluding diaryl/α,β-unsaturated/α-hetero) is 1. The van der Waals surface area contributed by atoms with Crippen molar-refractivity contribution in [3.63, 3.8) is 0 Å². The summed E-state index contributed by atoms with van der Waals surface area (Å²) in [6, 6.07) is 1.78. The number of nitrogens with zero attached hydrogens (tertiary/aromatic N) is 1. The smallest absolute Gasteiger partial charge is 0.199 e. The molecule has 1 aromatic heterocycles. The minimum Gasteiger partial charge on any atom is -0.288 e. The molecule has 0 fully saturated rings. The maximum atomic E-state index is 11.2. The lowest BCUT2D eigenvalue weighted by Crippen LogP contribution is -1.94. The Morgan fingerprint density at radius 1 is 1.73 bits per heavy atom. The molecule has 0 bridgehead atoms. The van der Waals surface area contributed by atoms with Crippen molar-refractivity contribution < 1.29 is 4.79 Å². The molecule has 0 N–H and O–H groups in total. The molecule has 0 aromatic carbocycles. The fourth-order valence-corrected chi connectivity index (χ4v) is 1.46. The molecular formula is C8H9NOS. The zero-order valence-electron chi connectivity index (χ0n) is 6.55.